The summed E-state index contributed by atoms with van der Waals surface area (Å²) in [6.45, 7) is 2.47. The van der Waals surface area contributed by atoms with E-state index in [0.29, 0.717) is 6.54 Å². The zero-order chi connectivity index (χ0) is 13.0. The van der Waals surface area contributed by atoms with Crippen molar-refractivity contribution in [3.8, 4) is 0 Å². The van der Waals surface area contributed by atoms with Crippen molar-refractivity contribution < 1.29 is 9.53 Å². The van der Waals surface area contributed by atoms with Crippen LogP contribution in [0.1, 0.15) is 23.0 Å². The molecule has 0 radical (unpaired) electrons. The van der Waals surface area contributed by atoms with Gasteiger partial charge in [-0.15, -0.1) is 5.10 Å². The highest BCUT2D eigenvalue weighted by molar-refractivity contribution is 6.32. The Morgan fingerprint density at radius 1 is 1.39 bits per heavy atom. The number of carbonyl (C=O) groups is 1. The first-order valence-electron chi connectivity index (χ1n) is 5.52. The second-order valence-corrected chi connectivity index (χ2v) is 3.95. The number of aromatic nitrogens is 3. The van der Waals surface area contributed by atoms with Crippen LogP contribution in [0.4, 0.5) is 0 Å². The number of hydrogen-bond donors (Lipinski definition) is 0. The number of carbonyl (C=O) groups excluding carboxylic acids is 1. The van der Waals surface area contributed by atoms with Crippen molar-refractivity contribution in [1.82, 2.24) is 15.0 Å². The lowest BCUT2D eigenvalue weighted by Crippen LogP contribution is -2.06. The van der Waals surface area contributed by atoms with Gasteiger partial charge in [0.1, 0.15) is 0 Å². The lowest BCUT2D eigenvalue weighted by Gasteiger charge is -2.02. The molecule has 6 heteroatoms. The van der Waals surface area contributed by atoms with E-state index in [2.05, 4.69) is 10.3 Å². The van der Waals surface area contributed by atoms with Crippen LogP contribution in [-0.4, -0.2) is 27.6 Å². The molecule has 0 spiro atoms. The van der Waals surface area contributed by atoms with Crippen LogP contribution in [0.5, 0.6) is 0 Å². The van der Waals surface area contributed by atoms with Crippen molar-refractivity contribution in [2.24, 2.45) is 0 Å². The highest BCUT2D eigenvalue weighted by Crippen LogP contribution is 2.15. The summed E-state index contributed by atoms with van der Waals surface area (Å²) in [5.74, 6) is -0.554. The van der Waals surface area contributed by atoms with E-state index >= 15 is 0 Å². The smallest absolute Gasteiger partial charge is 0.362 e. The molecule has 0 fully saturated rings. The Labute approximate surface area is 109 Å². The molecule has 1 heterocycles. The molecule has 0 N–H and O–H groups in total. The van der Waals surface area contributed by atoms with Gasteiger partial charge in [0.05, 0.1) is 13.2 Å². The topological polar surface area (TPSA) is 57.0 Å². The largest absolute Gasteiger partial charge is 0.461 e. The molecule has 1 aromatic heterocycles. The van der Waals surface area contributed by atoms with Gasteiger partial charge in [0.2, 0.25) is 5.69 Å². The third-order valence-corrected chi connectivity index (χ3v) is 2.69. The lowest BCUT2D eigenvalue weighted by atomic mass is 10.2. The Hall–Kier alpha value is -1.88. The van der Waals surface area contributed by atoms with E-state index in [9.17, 15) is 4.79 Å². The minimum atomic E-state index is -0.554. The van der Waals surface area contributed by atoms with E-state index in [1.807, 2.05) is 30.3 Å². The van der Waals surface area contributed by atoms with Crippen LogP contribution >= 0.6 is 11.6 Å². The predicted octanol–water partition coefficient (Wildman–Crippen LogP) is 2.16. The first-order chi connectivity index (χ1) is 8.72. The van der Waals surface area contributed by atoms with Gasteiger partial charge in [-0.2, -0.15) is 0 Å². The number of ether oxygens (including phenoxy) is 1. The Morgan fingerprint density at radius 2 is 2.11 bits per heavy atom. The molecule has 94 valence electrons. The van der Waals surface area contributed by atoms with Gasteiger partial charge >= 0.3 is 5.97 Å². The van der Waals surface area contributed by atoms with Gasteiger partial charge in [-0.3, -0.25) is 0 Å². The number of hydrogen-bond acceptors (Lipinski definition) is 4. The van der Waals surface area contributed by atoms with Crippen LogP contribution in [0, 0.1) is 0 Å². The molecule has 18 heavy (non-hydrogen) atoms. The SMILES string of the molecule is CCOC(=O)c1nnn(Cc2ccccc2)c1Cl. The van der Waals surface area contributed by atoms with Gasteiger partial charge in [0.15, 0.2) is 5.15 Å². The van der Waals surface area contributed by atoms with Gasteiger partial charge in [-0.1, -0.05) is 47.1 Å². The van der Waals surface area contributed by atoms with Crippen LogP contribution in [0.2, 0.25) is 5.15 Å². The average Bonchev–Trinajstić information content (AvgIpc) is 2.73. The summed E-state index contributed by atoms with van der Waals surface area (Å²) in [6, 6.07) is 9.67. The quantitative estimate of drug-likeness (QED) is 0.795. The molecule has 1 aromatic carbocycles. The molecule has 0 amide bonds. The minimum Gasteiger partial charge on any atom is -0.461 e. The molecule has 2 rings (SSSR count). The molecule has 0 aliphatic heterocycles. The monoisotopic (exact) mass is 265 g/mol. The van der Waals surface area contributed by atoms with Crippen molar-refractivity contribution in [2.75, 3.05) is 6.61 Å². The average molecular weight is 266 g/mol. The van der Waals surface area contributed by atoms with Crippen LogP contribution in [-0.2, 0) is 11.3 Å². The molecule has 0 aliphatic rings. The Morgan fingerprint density at radius 3 is 2.78 bits per heavy atom. The molecule has 0 atom stereocenters. The molecule has 0 saturated carbocycles. The van der Waals surface area contributed by atoms with E-state index in [4.69, 9.17) is 16.3 Å². The van der Waals surface area contributed by atoms with E-state index in [1.54, 1.807) is 6.92 Å². The third-order valence-electron chi connectivity index (χ3n) is 2.32. The van der Waals surface area contributed by atoms with E-state index in [1.165, 1.54) is 4.68 Å². The fourth-order valence-corrected chi connectivity index (χ4v) is 1.69. The van der Waals surface area contributed by atoms with E-state index in [-0.39, 0.29) is 17.5 Å². The van der Waals surface area contributed by atoms with Gasteiger partial charge < -0.3 is 4.74 Å². The first kappa shape index (κ1) is 12.6. The lowest BCUT2D eigenvalue weighted by molar-refractivity contribution is 0.0519. The highest BCUT2D eigenvalue weighted by atomic mass is 35.5. The minimum absolute atomic E-state index is 0.0504. The Bertz CT molecular complexity index is 540. The number of benzene rings is 1. The molecular weight excluding hydrogens is 254 g/mol. The number of halogens is 1. The number of rotatable bonds is 4. The Kier molecular flexibility index (Phi) is 3.94. The predicted molar refractivity (Wildman–Crippen MR) is 66.5 cm³/mol. The molecular formula is C12H12ClN3O2. The second kappa shape index (κ2) is 5.64. The molecule has 0 unspecified atom stereocenters. The number of nitrogens with zero attached hydrogens (tertiary/aromatic N) is 3. The highest BCUT2D eigenvalue weighted by Gasteiger charge is 2.19. The molecule has 0 saturated heterocycles. The molecule has 0 bridgehead atoms. The van der Waals surface area contributed by atoms with Crippen LogP contribution in [0.25, 0.3) is 0 Å². The summed E-state index contributed by atoms with van der Waals surface area (Å²) in [5.41, 5.74) is 1.08. The second-order valence-electron chi connectivity index (χ2n) is 3.59. The maximum atomic E-state index is 11.5. The maximum Gasteiger partial charge on any atom is 0.362 e. The van der Waals surface area contributed by atoms with Crippen LogP contribution in [0.15, 0.2) is 30.3 Å². The van der Waals surface area contributed by atoms with Crippen molar-refractivity contribution in [3.63, 3.8) is 0 Å². The number of esters is 1. The normalized spacial score (nSPS) is 10.3. The van der Waals surface area contributed by atoms with Crippen molar-refractivity contribution in [2.45, 2.75) is 13.5 Å². The maximum absolute atomic E-state index is 11.5. The zero-order valence-electron chi connectivity index (χ0n) is 9.84. The molecule has 5 nitrogen and oxygen atoms in total. The molecule has 0 aliphatic carbocycles. The fourth-order valence-electron chi connectivity index (χ4n) is 1.48. The summed E-state index contributed by atoms with van der Waals surface area (Å²) in [6.07, 6.45) is 0. The summed E-state index contributed by atoms with van der Waals surface area (Å²) < 4.78 is 6.29. The van der Waals surface area contributed by atoms with Crippen LogP contribution in [0.3, 0.4) is 0 Å². The van der Waals surface area contributed by atoms with Gasteiger partial charge in [0, 0.05) is 0 Å². The summed E-state index contributed by atoms with van der Waals surface area (Å²) >= 11 is 6.04. The Balaban J connectivity index is 2.18. The van der Waals surface area contributed by atoms with Crippen molar-refractivity contribution in [1.29, 1.82) is 0 Å². The first-order valence-corrected chi connectivity index (χ1v) is 5.90. The summed E-state index contributed by atoms with van der Waals surface area (Å²) in [5, 5.41) is 7.78. The molecule has 2 aromatic rings. The third kappa shape index (κ3) is 2.68. The zero-order valence-corrected chi connectivity index (χ0v) is 10.6. The van der Waals surface area contributed by atoms with Gasteiger partial charge in [-0.25, -0.2) is 9.48 Å². The van der Waals surface area contributed by atoms with Gasteiger partial charge in [0.25, 0.3) is 0 Å². The fraction of sp³-hybridized carbons (Fsp3) is 0.250. The van der Waals surface area contributed by atoms with Crippen LogP contribution < -0.4 is 0 Å². The van der Waals surface area contributed by atoms with Gasteiger partial charge in [-0.05, 0) is 12.5 Å². The standard InChI is InChI=1S/C12H12ClN3O2/c1-2-18-12(17)10-11(13)16(15-14-10)8-9-6-4-3-5-7-9/h3-7H,2,8H2,1H3. The van der Waals surface area contributed by atoms with E-state index in [0.717, 1.165) is 5.56 Å². The van der Waals surface area contributed by atoms with E-state index < -0.39 is 5.97 Å². The van der Waals surface area contributed by atoms with Crippen molar-refractivity contribution >= 4 is 17.6 Å². The summed E-state index contributed by atoms with van der Waals surface area (Å²) in [4.78, 5) is 11.5. The summed E-state index contributed by atoms with van der Waals surface area (Å²) in [7, 11) is 0. The van der Waals surface area contributed by atoms with Crippen molar-refractivity contribution in [3.05, 3.63) is 46.7 Å².